The normalized spacial score (nSPS) is 16.9. The van der Waals surface area contributed by atoms with E-state index in [1.165, 1.54) is 6.07 Å². The van der Waals surface area contributed by atoms with Crippen LogP contribution in [-0.4, -0.2) is 54.3 Å². The molecule has 1 aliphatic heterocycles. The van der Waals surface area contributed by atoms with E-state index in [0.717, 1.165) is 39.3 Å². The molecule has 0 aromatic carbocycles. The lowest BCUT2D eigenvalue weighted by Gasteiger charge is -2.26. The van der Waals surface area contributed by atoms with E-state index in [4.69, 9.17) is 10.5 Å². The van der Waals surface area contributed by atoms with Gasteiger partial charge in [0.1, 0.15) is 11.6 Å². The number of aromatic nitrogens is 2. The second kappa shape index (κ2) is 6.90. The number of morpholine rings is 1. The highest BCUT2D eigenvalue weighted by Gasteiger charge is 2.35. The second-order valence-electron chi connectivity index (χ2n) is 4.73. The van der Waals surface area contributed by atoms with Gasteiger partial charge in [0.15, 0.2) is 0 Å². The average Bonchev–Trinajstić information content (AvgIpc) is 2.43. The first-order valence-electron chi connectivity index (χ1n) is 6.71. The molecule has 1 aromatic rings. The molecular formula is C12H18F3N5O. The highest BCUT2D eigenvalue weighted by Crippen LogP contribution is 2.27. The molecule has 2 heterocycles. The van der Waals surface area contributed by atoms with Crippen LogP contribution in [0.15, 0.2) is 6.07 Å². The summed E-state index contributed by atoms with van der Waals surface area (Å²) in [7, 11) is 0. The molecule has 1 fully saturated rings. The van der Waals surface area contributed by atoms with Crippen LogP contribution in [0, 0.1) is 0 Å². The summed E-state index contributed by atoms with van der Waals surface area (Å²) in [6.07, 6.45) is -3.80. The molecule has 0 radical (unpaired) electrons. The Kier molecular flexibility index (Phi) is 5.18. The molecule has 0 bridgehead atoms. The summed E-state index contributed by atoms with van der Waals surface area (Å²) in [6, 6.07) is 1.30. The Morgan fingerprint density at radius 1 is 1.29 bits per heavy atom. The van der Waals surface area contributed by atoms with Gasteiger partial charge in [0.25, 0.3) is 0 Å². The Labute approximate surface area is 120 Å². The minimum absolute atomic E-state index is 0.0943. The van der Waals surface area contributed by atoms with Crippen LogP contribution in [0.5, 0.6) is 0 Å². The van der Waals surface area contributed by atoms with Gasteiger partial charge in [0.2, 0.25) is 5.82 Å². The molecule has 0 aliphatic carbocycles. The number of anilines is 2. The van der Waals surface area contributed by atoms with Crippen LogP contribution in [0.2, 0.25) is 0 Å². The van der Waals surface area contributed by atoms with Crippen LogP contribution in [0.1, 0.15) is 12.2 Å². The van der Waals surface area contributed by atoms with Crippen LogP contribution in [-0.2, 0) is 10.9 Å². The van der Waals surface area contributed by atoms with Gasteiger partial charge in [-0.3, -0.25) is 4.90 Å². The average molecular weight is 305 g/mol. The van der Waals surface area contributed by atoms with E-state index < -0.39 is 12.0 Å². The Balaban J connectivity index is 1.81. The number of nitrogens with one attached hydrogen (secondary N) is 1. The minimum atomic E-state index is -4.60. The Bertz CT molecular complexity index is 463. The molecule has 1 aliphatic rings. The number of alkyl halides is 3. The zero-order valence-corrected chi connectivity index (χ0v) is 11.5. The number of nitrogens with zero attached hydrogens (tertiary/aromatic N) is 3. The number of nitrogens with two attached hydrogens (primary N) is 1. The predicted molar refractivity (Wildman–Crippen MR) is 71.8 cm³/mol. The first-order valence-corrected chi connectivity index (χ1v) is 6.71. The molecule has 0 spiro atoms. The molecule has 0 amide bonds. The standard InChI is InChI=1S/C12H18F3N5O/c13-12(14,15)11-18-9(16)8-10(19-11)17-2-1-3-20-4-6-21-7-5-20/h8H,1-7H2,(H3,16,17,18,19). The van der Waals surface area contributed by atoms with Gasteiger partial charge in [-0.25, -0.2) is 9.97 Å². The van der Waals surface area contributed by atoms with Crippen molar-refractivity contribution in [3.8, 4) is 0 Å². The number of ether oxygens (including phenoxy) is 1. The molecule has 9 heteroatoms. The SMILES string of the molecule is Nc1cc(NCCCN2CCOCC2)nc(C(F)(F)F)n1. The highest BCUT2D eigenvalue weighted by molar-refractivity contribution is 5.44. The summed E-state index contributed by atoms with van der Waals surface area (Å²) in [5.74, 6) is -1.33. The maximum Gasteiger partial charge on any atom is 0.451 e. The Morgan fingerprint density at radius 2 is 2.00 bits per heavy atom. The van der Waals surface area contributed by atoms with Crippen molar-refractivity contribution in [2.75, 3.05) is 50.4 Å². The summed E-state index contributed by atoms with van der Waals surface area (Å²) in [5.41, 5.74) is 5.36. The smallest absolute Gasteiger partial charge is 0.384 e. The van der Waals surface area contributed by atoms with Crippen LogP contribution in [0.4, 0.5) is 24.8 Å². The van der Waals surface area contributed by atoms with Crippen molar-refractivity contribution in [2.45, 2.75) is 12.6 Å². The monoisotopic (exact) mass is 305 g/mol. The molecule has 1 aromatic heterocycles. The van der Waals surface area contributed by atoms with E-state index in [1.807, 2.05) is 0 Å². The lowest BCUT2D eigenvalue weighted by atomic mass is 10.3. The quantitative estimate of drug-likeness (QED) is 0.797. The minimum Gasteiger partial charge on any atom is -0.384 e. The first kappa shape index (κ1) is 15.8. The second-order valence-corrected chi connectivity index (χ2v) is 4.73. The van der Waals surface area contributed by atoms with E-state index >= 15 is 0 Å². The third-order valence-electron chi connectivity index (χ3n) is 3.06. The van der Waals surface area contributed by atoms with Gasteiger partial charge >= 0.3 is 6.18 Å². The van der Waals surface area contributed by atoms with Crippen molar-refractivity contribution in [2.24, 2.45) is 0 Å². The molecular weight excluding hydrogens is 287 g/mol. The lowest BCUT2D eigenvalue weighted by molar-refractivity contribution is -0.144. The van der Waals surface area contributed by atoms with Crippen molar-refractivity contribution in [3.63, 3.8) is 0 Å². The fourth-order valence-electron chi connectivity index (χ4n) is 2.03. The van der Waals surface area contributed by atoms with Crippen molar-refractivity contribution >= 4 is 11.6 Å². The summed E-state index contributed by atoms with van der Waals surface area (Å²) >= 11 is 0. The third kappa shape index (κ3) is 5.01. The number of hydrogen-bond acceptors (Lipinski definition) is 6. The number of hydrogen-bond donors (Lipinski definition) is 2. The molecule has 3 N–H and O–H groups in total. The van der Waals surface area contributed by atoms with Crippen LogP contribution in [0.3, 0.4) is 0 Å². The molecule has 0 unspecified atom stereocenters. The molecule has 6 nitrogen and oxygen atoms in total. The van der Waals surface area contributed by atoms with E-state index in [-0.39, 0.29) is 11.6 Å². The number of halogens is 3. The maximum atomic E-state index is 12.6. The van der Waals surface area contributed by atoms with Gasteiger partial charge in [-0.05, 0) is 13.0 Å². The Morgan fingerprint density at radius 3 is 2.67 bits per heavy atom. The van der Waals surface area contributed by atoms with Gasteiger partial charge in [0.05, 0.1) is 13.2 Å². The highest BCUT2D eigenvalue weighted by atomic mass is 19.4. The summed E-state index contributed by atoms with van der Waals surface area (Å²) in [4.78, 5) is 8.87. The van der Waals surface area contributed by atoms with Crippen molar-refractivity contribution in [1.82, 2.24) is 14.9 Å². The fraction of sp³-hybridized carbons (Fsp3) is 0.667. The van der Waals surface area contributed by atoms with E-state index in [0.29, 0.717) is 6.54 Å². The van der Waals surface area contributed by atoms with Crippen molar-refractivity contribution in [1.29, 1.82) is 0 Å². The molecule has 2 rings (SSSR count). The summed E-state index contributed by atoms with van der Waals surface area (Å²) < 4.78 is 42.9. The van der Waals surface area contributed by atoms with Gasteiger partial charge in [0, 0.05) is 25.7 Å². The molecule has 1 saturated heterocycles. The van der Waals surface area contributed by atoms with Gasteiger partial charge in [-0.15, -0.1) is 0 Å². The molecule has 0 saturated carbocycles. The van der Waals surface area contributed by atoms with Crippen LogP contribution >= 0.6 is 0 Å². The number of rotatable bonds is 5. The molecule has 0 atom stereocenters. The predicted octanol–water partition coefficient (Wildman–Crippen LogP) is 1.21. The van der Waals surface area contributed by atoms with Gasteiger partial charge in [-0.1, -0.05) is 0 Å². The topological polar surface area (TPSA) is 76.3 Å². The summed E-state index contributed by atoms with van der Waals surface area (Å²) in [5, 5.41) is 2.85. The zero-order chi connectivity index (χ0) is 15.3. The van der Waals surface area contributed by atoms with Crippen LogP contribution < -0.4 is 11.1 Å². The first-order chi connectivity index (χ1) is 9.95. The lowest BCUT2D eigenvalue weighted by Crippen LogP contribution is -2.37. The maximum absolute atomic E-state index is 12.6. The summed E-state index contributed by atoms with van der Waals surface area (Å²) in [6.45, 7) is 4.61. The molecule has 21 heavy (non-hydrogen) atoms. The Hall–Kier alpha value is -1.61. The van der Waals surface area contributed by atoms with E-state index in [2.05, 4.69) is 20.2 Å². The van der Waals surface area contributed by atoms with E-state index in [9.17, 15) is 13.2 Å². The molecule has 118 valence electrons. The van der Waals surface area contributed by atoms with Gasteiger partial charge < -0.3 is 15.8 Å². The largest absolute Gasteiger partial charge is 0.451 e. The van der Waals surface area contributed by atoms with Crippen LogP contribution in [0.25, 0.3) is 0 Å². The van der Waals surface area contributed by atoms with Crippen molar-refractivity contribution < 1.29 is 17.9 Å². The van der Waals surface area contributed by atoms with Crippen molar-refractivity contribution in [3.05, 3.63) is 11.9 Å². The van der Waals surface area contributed by atoms with E-state index in [1.54, 1.807) is 0 Å². The third-order valence-corrected chi connectivity index (χ3v) is 3.06. The zero-order valence-electron chi connectivity index (χ0n) is 11.5. The van der Waals surface area contributed by atoms with Gasteiger partial charge in [-0.2, -0.15) is 13.2 Å². The fourth-order valence-corrected chi connectivity index (χ4v) is 2.03. The number of nitrogen functional groups attached to an aromatic ring is 1.